The van der Waals surface area contributed by atoms with Gasteiger partial charge in [0, 0.05) is 35.8 Å². The largest absolute Gasteiger partial charge is 0.393 e. The summed E-state index contributed by atoms with van der Waals surface area (Å²) in [6.45, 7) is 3.64. The lowest BCUT2D eigenvalue weighted by Crippen LogP contribution is -2.64. The number of benzene rings is 1. The topological polar surface area (TPSA) is 111 Å². The van der Waals surface area contributed by atoms with Crippen LogP contribution in [-0.2, 0) is 21.0 Å². The molecular weight excluding hydrogens is 506 g/mol. The van der Waals surface area contributed by atoms with Crippen molar-refractivity contribution in [1.82, 2.24) is 5.06 Å². The summed E-state index contributed by atoms with van der Waals surface area (Å²) in [6, 6.07) is 6.06. The highest BCUT2D eigenvalue weighted by Gasteiger charge is 2.75. The lowest BCUT2D eigenvalue weighted by atomic mass is 9.46. The molecule has 4 aliphatic carbocycles. The number of nitrogens with zero attached hydrogens (tertiary/aromatic N) is 2. The Kier molecular flexibility index (Phi) is 6.01. The van der Waals surface area contributed by atoms with E-state index in [9.17, 15) is 29.5 Å². The summed E-state index contributed by atoms with van der Waals surface area (Å²) < 4.78 is 29.5. The molecule has 0 amide bonds. The zero-order valence-corrected chi connectivity index (χ0v) is 21.9. The van der Waals surface area contributed by atoms with Crippen LogP contribution in [-0.4, -0.2) is 57.9 Å². The van der Waals surface area contributed by atoms with Gasteiger partial charge in [-0.15, -0.1) is 0 Å². The molecular formula is C30H32F2N2O5. The van der Waals surface area contributed by atoms with Crippen molar-refractivity contribution in [1.29, 1.82) is 5.26 Å². The minimum atomic E-state index is -1.41. The first kappa shape index (κ1) is 26.5. The molecule has 9 atom stereocenters. The van der Waals surface area contributed by atoms with Crippen LogP contribution in [0.15, 0.2) is 42.0 Å². The number of hydroxylamine groups is 2. The van der Waals surface area contributed by atoms with E-state index in [0.29, 0.717) is 24.1 Å². The van der Waals surface area contributed by atoms with Crippen molar-refractivity contribution in [2.24, 2.45) is 34.5 Å². The monoisotopic (exact) mass is 538 g/mol. The van der Waals surface area contributed by atoms with E-state index >= 15 is 4.39 Å². The van der Waals surface area contributed by atoms with Crippen LogP contribution in [0.2, 0.25) is 0 Å². The van der Waals surface area contributed by atoms with E-state index < -0.39 is 46.9 Å². The van der Waals surface area contributed by atoms with Crippen molar-refractivity contribution < 1.29 is 33.4 Å². The predicted molar refractivity (Wildman–Crippen MR) is 135 cm³/mol. The van der Waals surface area contributed by atoms with Crippen molar-refractivity contribution in [2.45, 2.75) is 57.5 Å². The predicted octanol–water partition coefficient (Wildman–Crippen LogP) is 3.20. The number of ketones is 2. The van der Waals surface area contributed by atoms with Crippen molar-refractivity contribution in [3.05, 3.63) is 58.9 Å². The molecule has 0 bridgehead atoms. The number of alkyl halides is 1. The number of hydrogen-bond acceptors (Lipinski definition) is 7. The molecule has 0 aromatic heterocycles. The fourth-order valence-electron chi connectivity index (χ4n) is 9.12. The van der Waals surface area contributed by atoms with Gasteiger partial charge in [0.05, 0.1) is 11.7 Å². The van der Waals surface area contributed by atoms with Crippen molar-refractivity contribution >= 4 is 11.6 Å². The number of rotatable bonds is 4. The second kappa shape index (κ2) is 8.87. The minimum absolute atomic E-state index is 0.0834. The molecule has 1 saturated heterocycles. The molecule has 9 heteroatoms. The highest BCUT2D eigenvalue weighted by molar-refractivity contribution is 6.01. The molecule has 39 heavy (non-hydrogen) atoms. The van der Waals surface area contributed by atoms with Gasteiger partial charge >= 0.3 is 0 Å². The Bertz CT molecular complexity index is 1360. The van der Waals surface area contributed by atoms with Gasteiger partial charge in [0.25, 0.3) is 0 Å². The van der Waals surface area contributed by atoms with Crippen molar-refractivity contribution in [2.75, 3.05) is 13.2 Å². The van der Waals surface area contributed by atoms with Gasteiger partial charge in [0.1, 0.15) is 24.7 Å². The summed E-state index contributed by atoms with van der Waals surface area (Å²) >= 11 is 0. The fourth-order valence-corrected chi connectivity index (χ4v) is 9.12. The molecule has 1 aliphatic heterocycles. The third-order valence-corrected chi connectivity index (χ3v) is 10.6. The van der Waals surface area contributed by atoms with E-state index in [1.807, 2.05) is 19.9 Å². The number of aliphatic hydroxyl groups is 2. The Morgan fingerprint density at radius 2 is 2.08 bits per heavy atom. The van der Waals surface area contributed by atoms with Crippen LogP contribution >= 0.6 is 0 Å². The maximum absolute atomic E-state index is 15.7. The molecule has 2 N–H and O–H groups in total. The third-order valence-electron chi connectivity index (χ3n) is 10.6. The van der Waals surface area contributed by atoms with Gasteiger partial charge < -0.3 is 10.2 Å². The lowest BCUT2D eigenvalue weighted by molar-refractivity contribution is -0.255. The summed E-state index contributed by atoms with van der Waals surface area (Å²) in [5, 5.41) is 32.6. The first-order valence-corrected chi connectivity index (χ1v) is 13.5. The maximum atomic E-state index is 15.7. The molecule has 206 valence electrons. The number of Topliss-reactive ketones (excluding diaryl/α,β-unsaturated/α-hetero) is 1. The van der Waals surface area contributed by atoms with Crippen LogP contribution in [0.5, 0.6) is 0 Å². The van der Waals surface area contributed by atoms with Crippen LogP contribution in [0.4, 0.5) is 8.78 Å². The van der Waals surface area contributed by atoms with Gasteiger partial charge in [0.2, 0.25) is 0 Å². The smallest absolute Gasteiger partial charge is 0.192 e. The first-order chi connectivity index (χ1) is 18.5. The number of halogens is 2. The number of aliphatic hydroxyl groups excluding tert-OH is 2. The quantitative estimate of drug-likeness (QED) is 0.606. The van der Waals surface area contributed by atoms with Gasteiger partial charge in [-0.2, -0.15) is 10.3 Å². The Morgan fingerprint density at radius 3 is 2.79 bits per heavy atom. The van der Waals surface area contributed by atoms with Crippen LogP contribution in [0.1, 0.15) is 44.2 Å². The molecule has 7 nitrogen and oxygen atoms in total. The second-order valence-corrected chi connectivity index (χ2v) is 12.4. The summed E-state index contributed by atoms with van der Waals surface area (Å²) in [5.74, 6) is -2.36. The normalized spacial score (nSPS) is 42.7. The second-order valence-electron chi connectivity index (χ2n) is 12.4. The molecule has 1 unspecified atom stereocenters. The van der Waals surface area contributed by atoms with E-state index in [0.717, 1.165) is 0 Å². The van der Waals surface area contributed by atoms with Crippen LogP contribution in [0.3, 0.4) is 0 Å². The molecule has 5 aliphatic rings. The number of carbonyl (C=O) groups is 2. The Hall–Kier alpha value is -2.77. The van der Waals surface area contributed by atoms with Crippen LogP contribution in [0, 0.1) is 51.6 Å². The van der Waals surface area contributed by atoms with Crippen LogP contribution < -0.4 is 0 Å². The Labute approximate surface area is 225 Å². The fraction of sp³-hybridized carbons (Fsp3) is 0.567. The van der Waals surface area contributed by atoms with E-state index in [1.54, 1.807) is 17.2 Å². The van der Waals surface area contributed by atoms with Gasteiger partial charge in [-0.1, -0.05) is 26.0 Å². The Balaban J connectivity index is 1.35. The summed E-state index contributed by atoms with van der Waals surface area (Å²) in [7, 11) is 0. The number of carbonyl (C=O) groups excluding carboxylic acids is 2. The zero-order chi connectivity index (χ0) is 27.9. The summed E-state index contributed by atoms with van der Waals surface area (Å²) in [4.78, 5) is 32.1. The molecule has 0 spiro atoms. The highest BCUT2D eigenvalue weighted by atomic mass is 19.1. The van der Waals surface area contributed by atoms with E-state index in [2.05, 4.69) is 0 Å². The lowest BCUT2D eigenvalue weighted by Gasteiger charge is -2.60. The molecule has 1 aromatic rings. The number of hydrogen-bond donors (Lipinski definition) is 2. The first-order valence-electron chi connectivity index (χ1n) is 13.5. The average molecular weight is 539 g/mol. The van der Waals surface area contributed by atoms with Gasteiger partial charge in [-0.3, -0.25) is 14.4 Å². The molecule has 1 heterocycles. The van der Waals surface area contributed by atoms with Crippen molar-refractivity contribution in [3.63, 3.8) is 0 Å². The molecule has 0 radical (unpaired) electrons. The number of fused-ring (bicyclic) bond motifs is 7. The Morgan fingerprint density at radius 1 is 1.31 bits per heavy atom. The number of nitriles is 1. The van der Waals surface area contributed by atoms with E-state index in [4.69, 9.17) is 4.84 Å². The summed E-state index contributed by atoms with van der Waals surface area (Å²) in [6.07, 6.45) is 3.27. The zero-order valence-electron chi connectivity index (χ0n) is 21.9. The van der Waals surface area contributed by atoms with Crippen LogP contribution in [0.25, 0.3) is 0 Å². The van der Waals surface area contributed by atoms with Gasteiger partial charge in [-0.25, -0.2) is 8.78 Å². The highest BCUT2D eigenvalue weighted by Crippen LogP contribution is 2.70. The molecule has 4 fully saturated rings. The standard InChI is InChI=1S/C30H32F2N2O5/c1-28-6-5-19(36)9-22(28)24(32)10-20-21-8-18-14-34(13-16-3-4-23(31)17(7-16)12-33)39-30(18,26(38)15-35)29(21,2)11-25(37)27(20)28/h3-7,9,18,20-21,24-25,27,35,37H,8,10-11,13-15H2,1-2H3/t18-,20-,21-,24-,25-,27?,28-,29-,30-/m0/s1. The van der Waals surface area contributed by atoms with E-state index in [1.165, 1.54) is 24.3 Å². The maximum Gasteiger partial charge on any atom is 0.192 e. The SMILES string of the molecule is C[C@]12C=CC(=O)C=C1[C@@H](F)C[C@@H]1C2[C@@H](O)C[C@@]2(C)[C@H]1C[C@H]1CN(Cc3ccc(F)c(C#N)c3)O[C@]12C(=O)CO. The molecule has 1 aromatic carbocycles. The number of allylic oxidation sites excluding steroid dienone is 4. The minimum Gasteiger partial charge on any atom is -0.393 e. The molecule has 6 rings (SSSR count). The third kappa shape index (κ3) is 3.51. The molecule has 3 saturated carbocycles. The summed E-state index contributed by atoms with van der Waals surface area (Å²) in [5.41, 5.74) is -2.12. The van der Waals surface area contributed by atoms with Crippen molar-refractivity contribution in [3.8, 4) is 6.07 Å². The average Bonchev–Trinajstić information content (AvgIpc) is 3.37. The van der Waals surface area contributed by atoms with E-state index in [-0.39, 0.29) is 54.4 Å². The van der Waals surface area contributed by atoms with Gasteiger partial charge in [-0.05, 0) is 66.5 Å². The van der Waals surface area contributed by atoms with Gasteiger partial charge in [0.15, 0.2) is 17.2 Å².